The number of aldehydes is 1. The molecule has 0 bridgehead atoms. The van der Waals surface area contributed by atoms with Crippen molar-refractivity contribution < 1.29 is 18.7 Å². The quantitative estimate of drug-likeness (QED) is 0.396. The van der Waals surface area contributed by atoms with E-state index in [0.717, 1.165) is 11.8 Å². The van der Waals surface area contributed by atoms with E-state index in [9.17, 15) is 4.79 Å². The maximum absolute atomic E-state index is 10.7. The fraction of sp³-hybridized carbons (Fsp3) is 0.526. The largest absolute Gasteiger partial charge is 0.493 e. The molecule has 0 spiro atoms. The Labute approximate surface area is 146 Å². The van der Waals surface area contributed by atoms with Gasteiger partial charge in [-0.1, -0.05) is 32.9 Å². The molecule has 134 valence electrons. The Balaban J connectivity index is 3.02. The zero-order valence-electron chi connectivity index (χ0n) is 15.9. The highest BCUT2D eigenvalue weighted by Crippen LogP contribution is 2.38. The van der Waals surface area contributed by atoms with E-state index in [1.165, 1.54) is 6.08 Å². The molecule has 1 atom stereocenters. The van der Waals surface area contributed by atoms with Crippen molar-refractivity contribution in [2.75, 3.05) is 14.2 Å². The maximum atomic E-state index is 10.7. The number of methoxy groups -OCH3 is 2. The summed E-state index contributed by atoms with van der Waals surface area (Å²) < 4.78 is 17.1. The van der Waals surface area contributed by atoms with Gasteiger partial charge in [0, 0.05) is 6.42 Å². The summed E-state index contributed by atoms with van der Waals surface area (Å²) in [5.74, 6) is 1.40. The predicted molar refractivity (Wildman–Crippen MR) is 101 cm³/mol. The highest BCUT2D eigenvalue weighted by Gasteiger charge is 2.38. The van der Waals surface area contributed by atoms with Crippen LogP contribution in [-0.2, 0) is 15.6 Å². The van der Waals surface area contributed by atoms with Crippen LogP contribution in [0.5, 0.6) is 11.5 Å². The molecule has 0 N–H and O–H groups in total. The van der Waals surface area contributed by atoms with Crippen molar-refractivity contribution in [1.29, 1.82) is 0 Å². The number of ether oxygens (including phenoxy) is 2. The third kappa shape index (κ3) is 5.49. The number of carbonyl (C=O) groups excluding carboxylic acids is 1. The van der Waals surface area contributed by atoms with Crippen molar-refractivity contribution in [1.82, 2.24) is 0 Å². The zero-order chi connectivity index (χ0) is 18.4. The summed E-state index contributed by atoms with van der Waals surface area (Å²) in [4.78, 5) is 10.7. The van der Waals surface area contributed by atoms with Crippen molar-refractivity contribution in [3.05, 3.63) is 35.9 Å². The predicted octanol–water partition coefficient (Wildman–Crippen LogP) is 4.39. The average Bonchev–Trinajstić information content (AvgIpc) is 2.51. The van der Waals surface area contributed by atoms with Crippen molar-refractivity contribution >= 4 is 14.6 Å². The SMILES string of the molecule is COc1ccc(C[C@H](/C=C/C=O)O[Si](C)(C)C(C)(C)C)cc1OC. The van der Waals surface area contributed by atoms with Crippen LogP contribution in [0.4, 0.5) is 0 Å². The van der Waals surface area contributed by atoms with E-state index in [2.05, 4.69) is 33.9 Å². The van der Waals surface area contributed by atoms with Crippen LogP contribution >= 0.6 is 0 Å². The van der Waals surface area contributed by atoms with Crippen LogP contribution in [-0.4, -0.2) is 34.9 Å². The Hall–Kier alpha value is -1.59. The van der Waals surface area contributed by atoms with Gasteiger partial charge >= 0.3 is 0 Å². The Morgan fingerprint density at radius 3 is 2.25 bits per heavy atom. The highest BCUT2D eigenvalue weighted by atomic mass is 28.4. The minimum atomic E-state index is -1.93. The first kappa shape index (κ1) is 20.5. The normalized spacial score (nSPS) is 13.8. The lowest BCUT2D eigenvalue weighted by Crippen LogP contribution is -2.44. The van der Waals surface area contributed by atoms with Gasteiger partial charge in [-0.15, -0.1) is 0 Å². The average molecular weight is 351 g/mol. The van der Waals surface area contributed by atoms with Crippen LogP contribution in [0.15, 0.2) is 30.4 Å². The molecule has 0 heterocycles. The second kappa shape index (κ2) is 8.49. The molecule has 4 nitrogen and oxygen atoms in total. The Kier molecular flexibility index (Phi) is 7.23. The third-order valence-electron chi connectivity index (χ3n) is 4.54. The Morgan fingerprint density at radius 2 is 1.75 bits per heavy atom. The molecule has 5 heteroatoms. The minimum absolute atomic E-state index is 0.109. The van der Waals surface area contributed by atoms with E-state index in [1.54, 1.807) is 14.2 Å². The van der Waals surface area contributed by atoms with Gasteiger partial charge in [-0.2, -0.15) is 0 Å². The van der Waals surface area contributed by atoms with Crippen LogP contribution in [0.2, 0.25) is 18.1 Å². The molecule has 0 radical (unpaired) electrons. The van der Waals surface area contributed by atoms with Gasteiger partial charge < -0.3 is 13.9 Å². The molecule has 1 aromatic carbocycles. The standard InChI is InChI=1S/C19H30O4Si/c1-19(2,3)24(6,7)23-16(9-8-12-20)13-15-10-11-17(21-4)18(14-15)22-5/h8-12,14,16H,13H2,1-7H3/b9-8+/t16-/m0/s1. The van der Waals surface area contributed by atoms with Gasteiger partial charge in [0.1, 0.15) is 6.29 Å². The highest BCUT2D eigenvalue weighted by molar-refractivity contribution is 6.74. The maximum Gasteiger partial charge on any atom is 0.192 e. The number of hydrogen-bond donors (Lipinski definition) is 0. The number of carbonyl (C=O) groups is 1. The molecule has 0 amide bonds. The molecule has 0 saturated heterocycles. The number of allylic oxidation sites excluding steroid dienone is 1. The molecule has 0 aliphatic rings. The van der Waals surface area contributed by atoms with Crippen molar-refractivity contribution in [3.63, 3.8) is 0 Å². The molecule has 0 unspecified atom stereocenters. The van der Waals surface area contributed by atoms with E-state index in [4.69, 9.17) is 13.9 Å². The summed E-state index contributed by atoms with van der Waals surface area (Å²) in [6, 6.07) is 5.84. The molecular formula is C19H30O4Si. The molecule has 0 saturated carbocycles. The lowest BCUT2D eigenvalue weighted by Gasteiger charge is -2.38. The topological polar surface area (TPSA) is 44.8 Å². The second-order valence-electron chi connectivity index (χ2n) is 7.33. The van der Waals surface area contributed by atoms with Gasteiger partial charge in [0.25, 0.3) is 0 Å². The van der Waals surface area contributed by atoms with E-state index < -0.39 is 8.32 Å². The van der Waals surface area contributed by atoms with Crippen molar-refractivity contribution in [2.24, 2.45) is 0 Å². The minimum Gasteiger partial charge on any atom is -0.493 e. The summed E-state index contributed by atoms with van der Waals surface area (Å²) in [6.45, 7) is 11.0. The van der Waals surface area contributed by atoms with Crippen LogP contribution < -0.4 is 9.47 Å². The van der Waals surface area contributed by atoms with Crippen molar-refractivity contribution in [3.8, 4) is 11.5 Å². The lowest BCUT2D eigenvalue weighted by molar-refractivity contribution is -0.104. The van der Waals surface area contributed by atoms with E-state index in [0.29, 0.717) is 17.9 Å². The van der Waals surface area contributed by atoms with Gasteiger partial charge in [0.2, 0.25) is 0 Å². The molecule has 0 aliphatic carbocycles. The lowest BCUT2D eigenvalue weighted by atomic mass is 10.1. The van der Waals surface area contributed by atoms with Gasteiger partial charge in [-0.05, 0) is 41.9 Å². The Morgan fingerprint density at radius 1 is 1.12 bits per heavy atom. The number of hydrogen-bond acceptors (Lipinski definition) is 4. The zero-order valence-corrected chi connectivity index (χ0v) is 16.9. The van der Waals surface area contributed by atoms with Crippen molar-refractivity contribution in [2.45, 2.75) is 51.4 Å². The first-order valence-electron chi connectivity index (χ1n) is 8.15. The van der Waals surface area contributed by atoms with Gasteiger partial charge in [-0.3, -0.25) is 4.79 Å². The smallest absolute Gasteiger partial charge is 0.192 e. The summed E-state index contributed by atoms with van der Waals surface area (Å²) in [5.41, 5.74) is 1.08. The van der Waals surface area contributed by atoms with Crippen LogP contribution in [0.3, 0.4) is 0 Å². The second-order valence-corrected chi connectivity index (χ2v) is 12.1. The van der Waals surface area contributed by atoms with Crippen LogP contribution in [0.1, 0.15) is 26.3 Å². The first-order chi connectivity index (χ1) is 11.1. The molecule has 24 heavy (non-hydrogen) atoms. The first-order valence-corrected chi connectivity index (χ1v) is 11.1. The summed E-state index contributed by atoms with van der Waals surface area (Å²) in [7, 11) is 1.31. The summed E-state index contributed by atoms with van der Waals surface area (Å²) in [6.07, 6.45) is 4.67. The van der Waals surface area contributed by atoms with Gasteiger partial charge in [0.05, 0.1) is 20.3 Å². The molecule has 0 aliphatic heterocycles. The fourth-order valence-electron chi connectivity index (χ4n) is 2.11. The Bertz CT molecular complexity index is 573. The summed E-state index contributed by atoms with van der Waals surface area (Å²) >= 11 is 0. The van der Waals surface area contributed by atoms with Gasteiger partial charge in [0.15, 0.2) is 19.8 Å². The van der Waals surface area contributed by atoms with Crippen LogP contribution in [0.25, 0.3) is 0 Å². The third-order valence-corrected chi connectivity index (χ3v) is 9.05. The molecule has 0 aromatic heterocycles. The number of rotatable bonds is 8. The van der Waals surface area contributed by atoms with E-state index >= 15 is 0 Å². The summed E-state index contributed by atoms with van der Waals surface area (Å²) in [5, 5.41) is 0.109. The number of benzene rings is 1. The molecular weight excluding hydrogens is 320 g/mol. The fourth-order valence-corrected chi connectivity index (χ4v) is 3.39. The van der Waals surface area contributed by atoms with Crippen LogP contribution in [0, 0.1) is 0 Å². The monoisotopic (exact) mass is 350 g/mol. The molecule has 0 fully saturated rings. The van der Waals surface area contributed by atoms with E-state index in [-0.39, 0.29) is 11.1 Å². The molecule has 1 rings (SSSR count). The van der Waals surface area contributed by atoms with E-state index in [1.807, 2.05) is 24.3 Å². The molecule has 1 aromatic rings. The van der Waals surface area contributed by atoms with Gasteiger partial charge in [-0.25, -0.2) is 0 Å².